The van der Waals surface area contributed by atoms with Gasteiger partial charge in [0, 0.05) is 25.7 Å². The van der Waals surface area contributed by atoms with Crippen LogP contribution in [-0.2, 0) is 4.74 Å². The molecule has 2 unspecified atom stereocenters. The summed E-state index contributed by atoms with van der Waals surface area (Å²) in [5.74, 6) is 0.732. The highest BCUT2D eigenvalue weighted by atomic mass is 16.5. The number of rotatable bonds is 9. The second kappa shape index (κ2) is 8.89. The van der Waals surface area contributed by atoms with E-state index in [9.17, 15) is 0 Å². The van der Waals surface area contributed by atoms with E-state index in [1.165, 1.54) is 25.7 Å². The van der Waals surface area contributed by atoms with Crippen LogP contribution in [0.15, 0.2) is 0 Å². The van der Waals surface area contributed by atoms with Gasteiger partial charge in [0.15, 0.2) is 0 Å². The molecule has 1 rings (SSSR count). The minimum absolute atomic E-state index is 0.472. The van der Waals surface area contributed by atoms with Crippen molar-refractivity contribution in [2.24, 2.45) is 5.92 Å². The van der Waals surface area contributed by atoms with Gasteiger partial charge in [-0.2, -0.15) is 0 Å². The molecule has 1 saturated heterocycles. The Labute approximate surface area is 113 Å². The fourth-order valence-electron chi connectivity index (χ4n) is 2.61. The summed E-state index contributed by atoms with van der Waals surface area (Å²) in [6.07, 6.45) is 5.48. The Morgan fingerprint density at radius 3 is 2.67 bits per heavy atom. The second-order valence-corrected chi connectivity index (χ2v) is 6.07. The molecule has 18 heavy (non-hydrogen) atoms. The van der Waals surface area contributed by atoms with Gasteiger partial charge in [-0.05, 0) is 38.8 Å². The van der Waals surface area contributed by atoms with Crippen LogP contribution in [0, 0.1) is 5.92 Å². The topological polar surface area (TPSA) is 24.5 Å². The average Bonchev–Trinajstić information content (AvgIpc) is 2.80. The zero-order chi connectivity index (χ0) is 13.4. The fraction of sp³-hybridized carbons (Fsp3) is 1.00. The Bertz CT molecular complexity index is 203. The van der Waals surface area contributed by atoms with Crippen LogP contribution in [0.5, 0.6) is 0 Å². The molecule has 108 valence electrons. The highest BCUT2D eigenvalue weighted by Crippen LogP contribution is 2.15. The molecule has 0 aromatic carbocycles. The lowest BCUT2D eigenvalue weighted by Crippen LogP contribution is -2.44. The van der Waals surface area contributed by atoms with E-state index in [0.717, 1.165) is 32.2 Å². The van der Waals surface area contributed by atoms with Crippen LogP contribution in [0.1, 0.15) is 46.5 Å². The molecule has 0 spiro atoms. The van der Waals surface area contributed by atoms with Crippen molar-refractivity contribution >= 4 is 0 Å². The SMILES string of the molecule is CCCC(CNCC(C)C)N(C)CC1CCCO1. The van der Waals surface area contributed by atoms with Crippen molar-refractivity contribution in [2.75, 3.05) is 33.3 Å². The summed E-state index contributed by atoms with van der Waals surface area (Å²) in [5, 5.41) is 3.59. The van der Waals surface area contributed by atoms with Gasteiger partial charge in [0.05, 0.1) is 6.10 Å². The second-order valence-electron chi connectivity index (χ2n) is 6.07. The first kappa shape index (κ1) is 15.9. The van der Waals surface area contributed by atoms with Crippen LogP contribution in [0.25, 0.3) is 0 Å². The van der Waals surface area contributed by atoms with Crippen molar-refractivity contribution in [3.8, 4) is 0 Å². The Morgan fingerprint density at radius 1 is 1.33 bits per heavy atom. The minimum Gasteiger partial charge on any atom is -0.377 e. The first-order valence-electron chi connectivity index (χ1n) is 7.66. The normalized spacial score (nSPS) is 22.0. The molecule has 0 amide bonds. The van der Waals surface area contributed by atoms with Gasteiger partial charge in [0.2, 0.25) is 0 Å². The molecule has 3 heteroatoms. The van der Waals surface area contributed by atoms with Crippen molar-refractivity contribution < 1.29 is 4.74 Å². The van der Waals surface area contributed by atoms with Crippen LogP contribution in [0.4, 0.5) is 0 Å². The lowest BCUT2D eigenvalue weighted by molar-refractivity contribution is 0.0660. The van der Waals surface area contributed by atoms with Crippen LogP contribution in [0.2, 0.25) is 0 Å². The third-order valence-electron chi connectivity index (χ3n) is 3.69. The van der Waals surface area contributed by atoms with Gasteiger partial charge in [0.25, 0.3) is 0 Å². The Balaban J connectivity index is 2.28. The summed E-state index contributed by atoms with van der Waals surface area (Å²) >= 11 is 0. The van der Waals surface area contributed by atoms with E-state index in [1.807, 2.05) is 0 Å². The number of nitrogens with zero attached hydrogens (tertiary/aromatic N) is 1. The van der Waals surface area contributed by atoms with E-state index < -0.39 is 0 Å². The quantitative estimate of drug-likeness (QED) is 0.686. The van der Waals surface area contributed by atoms with Gasteiger partial charge in [-0.25, -0.2) is 0 Å². The molecule has 2 atom stereocenters. The average molecular weight is 256 g/mol. The van der Waals surface area contributed by atoms with Crippen LogP contribution >= 0.6 is 0 Å². The number of hydrogen-bond acceptors (Lipinski definition) is 3. The van der Waals surface area contributed by atoms with E-state index in [1.54, 1.807) is 0 Å². The predicted molar refractivity (Wildman–Crippen MR) is 78.0 cm³/mol. The molecule has 0 aliphatic carbocycles. The molecule has 0 saturated carbocycles. The van der Waals surface area contributed by atoms with Crippen molar-refractivity contribution in [3.63, 3.8) is 0 Å². The maximum Gasteiger partial charge on any atom is 0.0702 e. The van der Waals surface area contributed by atoms with Crippen LogP contribution in [0.3, 0.4) is 0 Å². The maximum atomic E-state index is 5.73. The van der Waals surface area contributed by atoms with Gasteiger partial charge in [-0.15, -0.1) is 0 Å². The number of likely N-dealkylation sites (N-methyl/N-ethyl adjacent to an activating group) is 1. The van der Waals surface area contributed by atoms with E-state index in [-0.39, 0.29) is 0 Å². The summed E-state index contributed by atoms with van der Waals surface area (Å²) < 4.78 is 5.73. The Hall–Kier alpha value is -0.120. The number of hydrogen-bond donors (Lipinski definition) is 1. The molecule has 1 heterocycles. The van der Waals surface area contributed by atoms with Crippen LogP contribution in [-0.4, -0.2) is 50.3 Å². The zero-order valence-electron chi connectivity index (χ0n) is 12.7. The lowest BCUT2D eigenvalue weighted by atomic mass is 10.1. The molecular formula is C15H32N2O. The van der Waals surface area contributed by atoms with Gasteiger partial charge in [0.1, 0.15) is 0 Å². The monoisotopic (exact) mass is 256 g/mol. The van der Waals surface area contributed by atoms with Crippen molar-refractivity contribution in [3.05, 3.63) is 0 Å². The van der Waals surface area contributed by atoms with Crippen molar-refractivity contribution in [1.29, 1.82) is 0 Å². The zero-order valence-corrected chi connectivity index (χ0v) is 12.7. The molecular weight excluding hydrogens is 224 g/mol. The van der Waals surface area contributed by atoms with Gasteiger partial charge in [-0.3, -0.25) is 4.90 Å². The highest BCUT2D eigenvalue weighted by molar-refractivity contribution is 4.76. The molecule has 1 fully saturated rings. The molecule has 0 aromatic heterocycles. The van der Waals surface area contributed by atoms with Crippen molar-refractivity contribution in [1.82, 2.24) is 10.2 Å². The largest absolute Gasteiger partial charge is 0.377 e. The van der Waals surface area contributed by atoms with E-state index >= 15 is 0 Å². The Morgan fingerprint density at radius 2 is 2.11 bits per heavy atom. The van der Waals surface area contributed by atoms with E-state index in [4.69, 9.17) is 4.74 Å². The molecule has 0 bridgehead atoms. The summed E-state index contributed by atoms with van der Waals surface area (Å²) in [4.78, 5) is 2.49. The summed E-state index contributed by atoms with van der Waals surface area (Å²) in [7, 11) is 2.25. The third kappa shape index (κ3) is 6.17. The molecule has 1 N–H and O–H groups in total. The first-order chi connectivity index (χ1) is 8.63. The van der Waals surface area contributed by atoms with Gasteiger partial charge in [-0.1, -0.05) is 27.2 Å². The predicted octanol–water partition coefficient (Wildman–Crippen LogP) is 2.51. The summed E-state index contributed by atoms with van der Waals surface area (Å²) in [5.41, 5.74) is 0. The summed E-state index contributed by atoms with van der Waals surface area (Å²) in [6, 6.07) is 0.651. The Kier molecular flexibility index (Phi) is 7.87. The number of ether oxygens (including phenoxy) is 1. The smallest absolute Gasteiger partial charge is 0.0702 e. The molecule has 0 aromatic rings. The molecule has 1 aliphatic rings. The van der Waals surface area contributed by atoms with E-state index in [0.29, 0.717) is 12.1 Å². The highest BCUT2D eigenvalue weighted by Gasteiger charge is 2.21. The van der Waals surface area contributed by atoms with Crippen molar-refractivity contribution in [2.45, 2.75) is 58.6 Å². The lowest BCUT2D eigenvalue weighted by Gasteiger charge is -2.30. The minimum atomic E-state index is 0.472. The first-order valence-corrected chi connectivity index (χ1v) is 7.66. The molecule has 3 nitrogen and oxygen atoms in total. The van der Waals surface area contributed by atoms with E-state index in [2.05, 4.69) is 38.0 Å². The maximum absolute atomic E-state index is 5.73. The molecule has 0 radical (unpaired) electrons. The fourth-order valence-corrected chi connectivity index (χ4v) is 2.61. The third-order valence-corrected chi connectivity index (χ3v) is 3.69. The van der Waals surface area contributed by atoms with Gasteiger partial charge < -0.3 is 10.1 Å². The summed E-state index contributed by atoms with van der Waals surface area (Å²) in [6.45, 7) is 11.1. The van der Waals surface area contributed by atoms with Crippen LogP contribution < -0.4 is 5.32 Å². The van der Waals surface area contributed by atoms with Gasteiger partial charge >= 0.3 is 0 Å². The number of nitrogens with one attached hydrogen (secondary N) is 1. The molecule has 1 aliphatic heterocycles. The standard InChI is InChI=1S/C15H32N2O/c1-5-7-14(11-16-10-13(2)3)17(4)12-15-8-6-9-18-15/h13-16H,5-12H2,1-4H3.